The number of benzene rings is 4. The molecular weight excluding hydrogens is 858 g/mol. The number of allylic oxidation sites excluding steroid dienone is 1. The fraction of sp³-hybridized carbons (Fsp3) is 0.383. The van der Waals surface area contributed by atoms with E-state index in [-0.39, 0.29) is 41.6 Å². The number of nitrogens with one attached hydrogen (secondary N) is 3. The van der Waals surface area contributed by atoms with Crippen molar-refractivity contribution in [1.29, 1.82) is 0 Å². The van der Waals surface area contributed by atoms with E-state index in [2.05, 4.69) is 50.8 Å². The molecule has 0 saturated carbocycles. The van der Waals surface area contributed by atoms with E-state index in [1.54, 1.807) is 30.5 Å². The standard InChI is InChI=1S/C47H54ClN7O8S/c1-46(2)15-13-33(40(26-46)31-3-5-34(48)6-4-31)27-53-19-20-54(28-36(53)29-56)35-7-10-39(44(24-35)63-37-8-11-41-32(23-37)14-18-50-41)45(57)52-64(60,61)38-9-12-42(43(25-38)55(58)59)51-30-47(49)16-21-62-22-17-47/h3-12,14,18,23-25,36,50-51,56H,13,15-17,19-22,26-30,49H2,1-2H3,(H,52,57). The molecule has 1 unspecified atom stereocenters. The van der Waals surface area contributed by atoms with Crippen molar-refractivity contribution in [2.24, 2.45) is 11.1 Å². The average molecular weight is 913 g/mol. The molecule has 0 bridgehead atoms. The van der Waals surface area contributed by atoms with Crippen LogP contribution in [-0.4, -0.2) is 98.4 Å². The number of sulfonamides is 1. The van der Waals surface area contributed by atoms with Crippen LogP contribution in [0.2, 0.25) is 5.02 Å². The zero-order chi connectivity index (χ0) is 45.2. The Hall–Kier alpha value is -5.49. The monoisotopic (exact) mass is 911 g/mol. The van der Waals surface area contributed by atoms with Gasteiger partial charge in [0.1, 0.15) is 17.2 Å². The van der Waals surface area contributed by atoms with E-state index in [1.807, 2.05) is 24.3 Å². The van der Waals surface area contributed by atoms with Crippen LogP contribution in [0, 0.1) is 15.5 Å². The number of amides is 1. The zero-order valence-electron chi connectivity index (χ0n) is 35.9. The third-order valence-electron chi connectivity index (χ3n) is 12.7. The molecule has 4 aromatic carbocycles. The highest BCUT2D eigenvalue weighted by Gasteiger charge is 2.34. The van der Waals surface area contributed by atoms with Gasteiger partial charge in [0.25, 0.3) is 21.6 Å². The molecule has 2 fully saturated rings. The number of hydrogen-bond acceptors (Lipinski definition) is 12. The molecule has 6 N–H and O–H groups in total. The van der Waals surface area contributed by atoms with Gasteiger partial charge in [0.05, 0.1) is 28.0 Å². The number of aliphatic hydroxyl groups excluding tert-OH is 1. The summed E-state index contributed by atoms with van der Waals surface area (Å²) in [7, 11) is -4.61. The van der Waals surface area contributed by atoms with Crippen LogP contribution in [0.3, 0.4) is 0 Å². The van der Waals surface area contributed by atoms with Gasteiger partial charge in [0, 0.05) is 91.4 Å². The summed E-state index contributed by atoms with van der Waals surface area (Å²) in [6, 6.07) is 23.5. The van der Waals surface area contributed by atoms with Gasteiger partial charge in [-0.15, -0.1) is 0 Å². The van der Waals surface area contributed by atoms with Gasteiger partial charge in [-0.25, -0.2) is 13.1 Å². The van der Waals surface area contributed by atoms with Crippen molar-refractivity contribution in [2.75, 3.05) is 62.8 Å². The normalized spacial score (nSPS) is 19.1. The Morgan fingerprint density at radius 3 is 2.56 bits per heavy atom. The summed E-state index contributed by atoms with van der Waals surface area (Å²) in [6.45, 7) is 8.19. The number of nitrogens with zero attached hydrogens (tertiary/aromatic N) is 3. The molecule has 2 aliphatic heterocycles. The molecule has 1 aliphatic carbocycles. The number of carbonyl (C=O) groups is 1. The van der Waals surface area contributed by atoms with Gasteiger partial charge in [-0.3, -0.25) is 19.8 Å². The number of nitrogens with two attached hydrogens (primary N) is 1. The topological polar surface area (TPSA) is 205 Å². The minimum Gasteiger partial charge on any atom is -0.456 e. The first-order chi connectivity index (χ1) is 30.6. The van der Waals surface area contributed by atoms with E-state index in [4.69, 9.17) is 26.8 Å². The van der Waals surface area contributed by atoms with E-state index in [9.17, 15) is 28.4 Å². The first-order valence-corrected chi connectivity index (χ1v) is 23.4. The molecule has 8 rings (SSSR count). The van der Waals surface area contributed by atoms with Crippen LogP contribution in [0.15, 0.2) is 102 Å². The Labute approximate surface area is 377 Å². The smallest absolute Gasteiger partial charge is 0.293 e. The second kappa shape index (κ2) is 18.5. The number of rotatable bonds is 14. The van der Waals surface area contributed by atoms with Crippen molar-refractivity contribution >= 4 is 61.1 Å². The van der Waals surface area contributed by atoms with Crippen molar-refractivity contribution < 1.29 is 32.7 Å². The summed E-state index contributed by atoms with van der Waals surface area (Å²) in [5.74, 6) is -0.476. The molecule has 338 valence electrons. The summed E-state index contributed by atoms with van der Waals surface area (Å²) >= 11 is 6.25. The first-order valence-electron chi connectivity index (χ1n) is 21.5. The number of carbonyl (C=O) groups excluding carboxylic acids is 1. The van der Waals surface area contributed by atoms with Gasteiger partial charge in [-0.05, 0) is 109 Å². The van der Waals surface area contributed by atoms with Gasteiger partial charge in [0.15, 0.2) is 0 Å². The predicted octanol–water partition coefficient (Wildman–Crippen LogP) is 7.71. The van der Waals surface area contributed by atoms with Crippen LogP contribution in [-0.2, 0) is 14.8 Å². The fourth-order valence-electron chi connectivity index (χ4n) is 8.86. The maximum Gasteiger partial charge on any atom is 0.293 e. The molecule has 15 nitrogen and oxygen atoms in total. The third-order valence-corrected chi connectivity index (χ3v) is 14.3. The summed E-state index contributed by atoms with van der Waals surface area (Å²) in [5, 5.41) is 27.5. The number of aromatic nitrogens is 1. The molecule has 1 atom stereocenters. The summed E-state index contributed by atoms with van der Waals surface area (Å²) in [6.07, 6.45) is 5.90. The van der Waals surface area contributed by atoms with Crippen LogP contribution in [0.5, 0.6) is 11.5 Å². The number of aromatic amines is 1. The molecule has 0 radical (unpaired) electrons. The van der Waals surface area contributed by atoms with E-state index >= 15 is 0 Å². The second-order valence-electron chi connectivity index (χ2n) is 17.9. The minimum absolute atomic E-state index is 0.0671. The molecule has 5 aromatic rings. The van der Waals surface area contributed by atoms with Crippen molar-refractivity contribution in [3.63, 3.8) is 0 Å². The van der Waals surface area contributed by atoms with Crippen molar-refractivity contribution in [3.8, 4) is 11.5 Å². The van der Waals surface area contributed by atoms with Crippen molar-refractivity contribution in [1.82, 2.24) is 14.6 Å². The predicted molar refractivity (Wildman–Crippen MR) is 249 cm³/mol. The largest absolute Gasteiger partial charge is 0.456 e. The molecule has 2 saturated heterocycles. The average Bonchev–Trinajstić information content (AvgIpc) is 3.75. The summed E-state index contributed by atoms with van der Waals surface area (Å²) in [5.41, 5.74) is 11.0. The van der Waals surface area contributed by atoms with E-state index < -0.39 is 37.0 Å². The van der Waals surface area contributed by atoms with Gasteiger partial charge < -0.3 is 35.5 Å². The summed E-state index contributed by atoms with van der Waals surface area (Å²) in [4.78, 5) is 32.6. The van der Waals surface area contributed by atoms with Crippen molar-refractivity contribution in [3.05, 3.63) is 123 Å². The minimum atomic E-state index is -4.61. The molecule has 0 spiro atoms. The lowest BCUT2D eigenvalue weighted by molar-refractivity contribution is -0.384. The lowest BCUT2D eigenvalue weighted by Gasteiger charge is -2.43. The van der Waals surface area contributed by atoms with Crippen molar-refractivity contribution in [2.45, 2.75) is 62.4 Å². The lowest BCUT2D eigenvalue weighted by atomic mass is 9.72. The molecule has 3 aliphatic rings. The number of anilines is 2. The van der Waals surface area contributed by atoms with E-state index in [0.29, 0.717) is 56.5 Å². The number of nitro groups is 1. The zero-order valence-corrected chi connectivity index (χ0v) is 37.5. The number of halogens is 1. The van der Waals surface area contributed by atoms with Gasteiger partial charge >= 0.3 is 0 Å². The molecule has 17 heteroatoms. The highest BCUT2D eigenvalue weighted by Crippen LogP contribution is 2.44. The van der Waals surface area contributed by atoms with Crippen LogP contribution in [0.25, 0.3) is 16.5 Å². The number of fused-ring (bicyclic) bond motifs is 1. The fourth-order valence-corrected chi connectivity index (χ4v) is 9.97. The van der Waals surface area contributed by atoms with E-state index in [0.717, 1.165) is 48.5 Å². The first kappa shape index (κ1) is 45.1. The Balaban J connectivity index is 1.03. The van der Waals surface area contributed by atoms with Gasteiger partial charge in [-0.2, -0.15) is 0 Å². The number of H-pyrrole nitrogens is 1. The maximum atomic E-state index is 14.0. The number of aliphatic hydroxyl groups is 1. The third kappa shape index (κ3) is 10.2. The Bertz CT molecular complexity index is 2680. The number of ether oxygens (including phenoxy) is 2. The maximum absolute atomic E-state index is 14.0. The van der Waals surface area contributed by atoms with Crippen LogP contribution < -0.4 is 25.4 Å². The Morgan fingerprint density at radius 1 is 1.03 bits per heavy atom. The molecule has 1 amide bonds. The number of nitro benzene ring substituents is 1. The molecular formula is C47H54ClN7O8S. The van der Waals surface area contributed by atoms with Gasteiger partial charge in [0.2, 0.25) is 0 Å². The van der Waals surface area contributed by atoms with Crippen LogP contribution in [0.1, 0.15) is 61.9 Å². The quantitative estimate of drug-likeness (QED) is 0.0537. The molecule has 64 heavy (non-hydrogen) atoms. The van der Waals surface area contributed by atoms with Gasteiger partial charge in [-0.1, -0.05) is 43.2 Å². The summed E-state index contributed by atoms with van der Waals surface area (Å²) < 4.78 is 41.4. The lowest BCUT2D eigenvalue weighted by Crippen LogP contribution is -2.55. The Morgan fingerprint density at radius 2 is 1.81 bits per heavy atom. The second-order valence-corrected chi connectivity index (χ2v) is 20.0. The molecule has 1 aromatic heterocycles. The number of piperazine rings is 1. The number of hydrogen-bond donors (Lipinski definition) is 5. The SMILES string of the molecule is CC1(C)CCC(CN2CCN(c3ccc(C(=O)NS(=O)(=O)c4ccc(NCC5(N)CCOCC5)c([N+](=O)[O-])c4)c(Oc4ccc5[nH]ccc5c4)c3)CC2CO)=C(c2ccc(Cl)cc2)C1. The van der Waals surface area contributed by atoms with Crippen LogP contribution >= 0.6 is 11.6 Å². The highest BCUT2D eigenvalue weighted by atomic mass is 35.5. The Kier molecular flexibility index (Phi) is 13.1. The highest BCUT2D eigenvalue weighted by molar-refractivity contribution is 7.90. The van der Waals surface area contributed by atoms with Crippen LogP contribution in [0.4, 0.5) is 17.1 Å². The molecule has 3 heterocycles. The van der Waals surface area contributed by atoms with E-state index in [1.165, 1.54) is 34.9 Å².